The predicted molar refractivity (Wildman–Crippen MR) is 76.3 cm³/mol. The SMILES string of the molecule is CCCC(COC)NS(=O)(=O)c1cc([N+](=O)[O-])c(N)s1. The molecule has 0 saturated carbocycles. The quantitative estimate of drug-likeness (QED) is 0.549. The smallest absolute Gasteiger partial charge is 0.304 e. The molecule has 1 rings (SSSR count). The minimum absolute atomic E-state index is 0.130. The van der Waals surface area contributed by atoms with Gasteiger partial charge in [0.2, 0.25) is 0 Å². The van der Waals surface area contributed by atoms with Gasteiger partial charge in [0, 0.05) is 19.2 Å². The lowest BCUT2D eigenvalue weighted by molar-refractivity contribution is -0.383. The Morgan fingerprint density at radius 3 is 2.70 bits per heavy atom. The summed E-state index contributed by atoms with van der Waals surface area (Å²) in [6.45, 7) is 2.15. The number of thiophene rings is 1. The van der Waals surface area contributed by atoms with Crippen molar-refractivity contribution >= 4 is 32.0 Å². The highest BCUT2D eigenvalue weighted by Gasteiger charge is 2.26. The van der Waals surface area contributed by atoms with Gasteiger partial charge in [-0.05, 0) is 6.42 Å². The van der Waals surface area contributed by atoms with Gasteiger partial charge in [-0.2, -0.15) is 0 Å². The molecule has 0 radical (unpaired) electrons. The molecule has 1 aromatic rings. The number of nitrogens with zero attached hydrogens (tertiary/aromatic N) is 1. The number of sulfonamides is 1. The highest BCUT2D eigenvalue weighted by molar-refractivity contribution is 7.91. The number of nitro groups is 1. The zero-order valence-corrected chi connectivity index (χ0v) is 12.8. The van der Waals surface area contributed by atoms with Crippen LogP contribution in [0.25, 0.3) is 0 Å². The van der Waals surface area contributed by atoms with Crippen molar-refractivity contribution < 1.29 is 18.1 Å². The molecule has 0 aromatic carbocycles. The fourth-order valence-electron chi connectivity index (χ4n) is 1.65. The molecule has 0 aliphatic carbocycles. The van der Waals surface area contributed by atoms with Crippen LogP contribution in [0.2, 0.25) is 0 Å². The maximum atomic E-state index is 12.1. The summed E-state index contributed by atoms with van der Waals surface area (Å²) < 4.78 is 31.5. The summed E-state index contributed by atoms with van der Waals surface area (Å²) in [5, 5.41) is 10.6. The van der Waals surface area contributed by atoms with Crippen LogP contribution >= 0.6 is 11.3 Å². The standard InChI is InChI=1S/C10H17N3O5S2/c1-3-4-7(6-18-2)12-20(16,17)9-5-8(13(14)15)10(11)19-9/h5,7,12H,3-4,6,11H2,1-2H3. The average molecular weight is 323 g/mol. The number of ether oxygens (including phenoxy) is 1. The maximum Gasteiger partial charge on any atom is 0.304 e. The van der Waals surface area contributed by atoms with E-state index < -0.39 is 20.6 Å². The van der Waals surface area contributed by atoms with Gasteiger partial charge in [-0.3, -0.25) is 10.1 Å². The highest BCUT2D eigenvalue weighted by Crippen LogP contribution is 2.34. The van der Waals surface area contributed by atoms with Crippen LogP contribution in [0.1, 0.15) is 19.8 Å². The summed E-state index contributed by atoms with van der Waals surface area (Å²) in [5.74, 6) is 0. The second kappa shape index (κ2) is 6.97. The number of nitrogens with one attached hydrogen (secondary N) is 1. The number of nitrogen functional groups attached to an aromatic ring is 1. The van der Waals surface area contributed by atoms with Crippen LogP contribution in [0.5, 0.6) is 0 Å². The van der Waals surface area contributed by atoms with Gasteiger partial charge < -0.3 is 10.5 Å². The van der Waals surface area contributed by atoms with Gasteiger partial charge in [0.1, 0.15) is 4.21 Å². The van der Waals surface area contributed by atoms with E-state index in [4.69, 9.17) is 10.5 Å². The number of hydrogen-bond acceptors (Lipinski definition) is 7. The summed E-state index contributed by atoms with van der Waals surface area (Å²) in [6.07, 6.45) is 1.39. The molecule has 8 nitrogen and oxygen atoms in total. The number of methoxy groups -OCH3 is 1. The minimum Gasteiger partial charge on any atom is -0.385 e. The first-order chi connectivity index (χ1) is 9.31. The van der Waals surface area contributed by atoms with Crippen LogP contribution in [0, 0.1) is 10.1 Å². The van der Waals surface area contributed by atoms with E-state index in [-0.39, 0.29) is 21.9 Å². The monoisotopic (exact) mass is 323 g/mol. The van der Waals surface area contributed by atoms with Gasteiger partial charge in [-0.15, -0.1) is 0 Å². The third-order valence-corrected chi connectivity index (χ3v) is 5.45. The van der Waals surface area contributed by atoms with E-state index in [9.17, 15) is 18.5 Å². The van der Waals surface area contributed by atoms with Gasteiger partial charge in [0.05, 0.1) is 11.5 Å². The van der Waals surface area contributed by atoms with E-state index in [0.717, 1.165) is 12.5 Å². The van der Waals surface area contributed by atoms with E-state index in [0.29, 0.717) is 17.8 Å². The largest absolute Gasteiger partial charge is 0.385 e. The second-order valence-electron chi connectivity index (χ2n) is 4.13. The summed E-state index contributed by atoms with van der Waals surface area (Å²) in [4.78, 5) is 9.98. The van der Waals surface area contributed by atoms with Crippen LogP contribution in [0.15, 0.2) is 10.3 Å². The fraction of sp³-hybridized carbons (Fsp3) is 0.600. The van der Waals surface area contributed by atoms with Gasteiger partial charge in [-0.25, -0.2) is 13.1 Å². The first kappa shape index (κ1) is 16.8. The molecule has 0 fully saturated rings. The Balaban J connectivity index is 2.98. The summed E-state index contributed by atoms with van der Waals surface area (Å²) in [5.41, 5.74) is 5.05. The van der Waals surface area contributed by atoms with Crippen molar-refractivity contribution in [1.82, 2.24) is 4.72 Å². The minimum atomic E-state index is -3.84. The number of rotatable bonds is 8. The molecule has 0 amide bonds. The van der Waals surface area contributed by atoms with Gasteiger partial charge >= 0.3 is 5.69 Å². The third kappa shape index (κ3) is 4.13. The van der Waals surface area contributed by atoms with Crippen molar-refractivity contribution in [3.63, 3.8) is 0 Å². The molecule has 20 heavy (non-hydrogen) atoms. The van der Waals surface area contributed by atoms with Crippen molar-refractivity contribution in [1.29, 1.82) is 0 Å². The normalized spacial score (nSPS) is 13.3. The molecule has 0 bridgehead atoms. The summed E-state index contributed by atoms with van der Waals surface area (Å²) in [7, 11) is -2.36. The topological polar surface area (TPSA) is 125 Å². The van der Waals surface area contributed by atoms with Crippen molar-refractivity contribution in [3.05, 3.63) is 16.2 Å². The van der Waals surface area contributed by atoms with Crippen LogP contribution in [0.4, 0.5) is 10.7 Å². The summed E-state index contributed by atoms with van der Waals surface area (Å²) >= 11 is 0.673. The number of anilines is 1. The molecule has 10 heteroatoms. The van der Waals surface area contributed by atoms with Crippen molar-refractivity contribution in [2.24, 2.45) is 0 Å². The lowest BCUT2D eigenvalue weighted by Crippen LogP contribution is -2.37. The van der Waals surface area contributed by atoms with Crippen molar-refractivity contribution in [2.45, 2.75) is 30.0 Å². The molecule has 1 atom stereocenters. The number of nitrogens with two attached hydrogens (primary N) is 1. The third-order valence-electron chi connectivity index (χ3n) is 2.51. The molecular formula is C10H17N3O5S2. The Morgan fingerprint density at radius 2 is 2.25 bits per heavy atom. The van der Waals surface area contributed by atoms with Crippen LogP contribution in [-0.4, -0.2) is 33.1 Å². The zero-order valence-electron chi connectivity index (χ0n) is 11.2. The van der Waals surface area contributed by atoms with E-state index in [1.54, 1.807) is 0 Å². The molecule has 1 heterocycles. The zero-order chi connectivity index (χ0) is 15.3. The van der Waals surface area contributed by atoms with E-state index >= 15 is 0 Å². The van der Waals surface area contributed by atoms with Crippen LogP contribution in [-0.2, 0) is 14.8 Å². The fourth-order valence-corrected chi connectivity index (χ4v) is 4.14. The van der Waals surface area contributed by atoms with Gasteiger partial charge in [0.15, 0.2) is 5.00 Å². The molecule has 0 saturated heterocycles. The lowest BCUT2D eigenvalue weighted by Gasteiger charge is -2.16. The Morgan fingerprint density at radius 1 is 1.60 bits per heavy atom. The maximum absolute atomic E-state index is 12.1. The lowest BCUT2D eigenvalue weighted by atomic mass is 10.2. The van der Waals surface area contributed by atoms with Crippen molar-refractivity contribution in [2.75, 3.05) is 19.5 Å². The Hall–Kier alpha value is -1.23. The van der Waals surface area contributed by atoms with E-state index in [2.05, 4.69) is 4.72 Å². The average Bonchev–Trinajstić information content (AvgIpc) is 2.72. The molecule has 0 spiro atoms. The van der Waals surface area contributed by atoms with Crippen LogP contribution in [0.3, 0.4) is 0 Å². The molecule has 3 N–H and O–H groups in total. The van der Waals surface area contributed by atoms with Crippen molar-refractivity contribution in [3.8, 4) is 0 Å². The Bertz CT molecular complexity index is 563. The van der Waals surface area contributed by atoms with Gasteiger partial charge in [-0.1, -0.05) is 24.7 Å². The molecule has 114 valence electrons. The molecule has 0 aliphatic heterocycles. The summed E-state index contributed by atoms with van der Waals surface area (Å²) in [6, 6.07) is 0.593. The molecule has 1 aromatic heterocycles. The van der Waals surface area contributed by atoms with Gasteiger partial charge in [0.25, 0.3) is 10.0 Å². The predicted octanol–water partition coefficient (Wildman–Crippen LogP) is 1.33. The number of hydrogen-bond donors (Lipinski definition) is 2. The van der Waals surface area contributed by atoms with Crippen LogP contribution < -0.4 is 10.5 Å². The first-order valence-corrected chi connectivity index (χ1v) is 8.16. The van der Waals surface area contributed by atoms with E-state index in [1.165, 1.54) is 7.11 Å². The highest BCUT2D eigenvalue weighted by atomic mass is 32.2. The Kier molecular flexibility index (Phi) is 5.87. The molecular weight excluding hydrogens is 306 g/mol. The Labute approximate surface area is 121 Å². The molecule has 0 aliphatic rings. The second-order valence-corrected chi connectivity index (χ2v) is 7.16. The first-order valence-electron chi connectivity index (χ1n) is 5.86. The van der Waals surface area contributed by atoms with E-state index in [1.807, 2.05) is 6.92 Å². The molecule has 1 unspecified atom stereocenters.